The fraction of sp³-hybridized carbons (Fsp3) is 0.355. The van der Waals surface area contributed by atoms with Crippen molar-refractivity contribution in [1.82, 2.24) is 10.2 Å². The average Bonchev–Trinajstić information content (AvgIpc) is 2.96. The lowest BCUT2D eigenvalue weighted by molar-refractivity contribution is -0.140. The summed E-state index contributed by atoms with van der Waals surface area (Å²) in [6.07, 6.45) is 0.970. The molecule has 0 aliphatic rings. The average molecular weight is 669 g/mol. The molecule has 43 heavy (non-hydrogen) atoms. The van der Waals surface area contributed by atoms with E-state index < -0.39 is 28.5 Å². The zero-order valence-corrected chi connectivity index (χ0v) is 27.8. The number of methoxy groups -OCH3 is 1. The van der Waals surface area contributed by atoms with E-state index in [-0.39, 0.29) is 40.5 Å². The molecule has 0 bridgehead atoms. The molecule has 3 aromatic rings. The van der Waals surface area contributed by atoms with E-state index in [2.05, 4.69) is 5.32 Å². The molecule has 12 heteroatoms. The molecule has 2 atom stereocenters. The first kappa shape index (κ1) is 34.5. The molecule has 0 aromatic heterocycles. The van der Waals surface area contributed by atoms with Crippen LogP contribution in [-0.4, -0.2) is 50.9 Å². The number of aryl methyl sites for hydroxylation is 1. The van der Waals surface area contributed by atoms with Crippen molar-refractivity contribution >= 4 is 62.3 Å². The third-order valence-electron chi connectivity index (χ3n) is 7.05. The Bertz CT molecular complexity index is 1550. The number of anilines is 1. The molecule has 0 saturated heterocycles. The van der Waals surface area contributed by atoms with Gasteiger partial charge in [0.25, 0.3) is 10.0 Å². The first-order valence-electron chi connectivity index (χ1n) is 13.8. The van der Waals surface area contributed by atoms with Gasteiger partial charge in [-0.25, -0.2) is 8.42 Å². The van der Waals surface area contributed by atoms with E-state index >= 15 is 0 Å². The van der Waals surface area contributed by atoms with Gasteiger partial charge in [0.15, 0.2) is 0 Å². The largest absolute Gasteiger partial charge is 0.495 e. The zero-order valence-electron chi connectivity index (χ0n) is 24.7. The lowest BCUT2D eigenvalue weighted by atomic mass is 10.1. The SMILES string of the molecule is CC[C@@H](C)NC(=O)[C@@H](CC)N(Cc1ccc(Cl)cc1Cl)C(=O)CN(c1ccc(OC)c(Cl)c1)S(=O)(=O)c1ccc(C)cc1. The van der Waals surface area contributed by atoms with Crippen molar-refractivity contribution < 1.29 is 22.7 Å². The topological polar surface area (TPSA) is 96.0 Å². The number of sulfonamides is 1. The number of halogens is 3. The van der Waals surface area contributed by atoms with Gasteiger partial charge in [-0.1, -0.05) is 72.4 Å². The predicted molar refractivity (Wildman–Crippen MR) is 173 cm³/mol. The molecule has 3 aromatic carbocycles. The first-order valence-corrected chi connectivity index (χ1v) is 16.4. The Balaban J connectivity index is 2.12. The molecule has 0 radical (unpaired) electrons. The fourth-order valence-corrected chi connectivity index (χ4v) is 6.50. The third-order valence-corrected chi connectivity index (χ3v) is 9.72. The summed E-state index contributed by atoms with van der Waals surface area (Å²) in [6, 6.07) is 14.6. The van der Waals surface area contributed by atoms with Crippen LogP contribution in [-0.2, 0) is 26.2 Å². The predicted octanol–water partition coefficient (Wildman–Crippen LogP) is 6.88. The van der Waals surface area contributed by atoms with Crippen LogP contribution in [0, 0.1) is 6.92 Å². The van der Waals surface area contributed by atoms with Crippen LogP contribution >= 0.6 is 34.8 Å². The van der Waals surface area contributed by atoms with Crippen LogP contribution < -0.4 is 14.4 Å². The first-order chi connectivity index (χ1) is 20.3. The Labute approximate surface area is 268 Å². The molecule has 232 valence electrons. The number of nitrogens with zero attached hydrogens (tertiary/aromatic N) is 2. The Kier molecular flexibility index (Phi) is 12.2. The minimum atomic E-state index is -4.26. The molecule has 0 saturated carbocycles. The maximum Gasteiger partial charge on any atom is 0.264 e. The highest BCUT2D eigenvalue weighted by molar-refractivity contribution is 7.92. The molecule has 0 unspecified atom stereocenters. The van der Waals surface area contributed by atoms with Gasteiger partial charge in [-0.2, -0.15) is 0 Å². The van der Waals surface area contributed by atoms with Crippen LogP contribution in [0.25, 0.3) is 0 Å². The maximum atomic E-state index is 14.2. The molecular formula is C31H36Cl3N3O5S. The van der Waals surface area contributed by atoms with Crippen LogP contribution in [0.15, 0.2) is 65.6 Å². The molecule has 0 aliphatic carbocycles. The van der Waals surface area contributed by atoms with Crippen molar-refractivity contribution in [2.75, 3.05) is 18.0 Å². The molecule has 2 amide bonds. The van der Waals surface area contributed by atoms with Gasteiger partial charge in [-0.3, -0.25) is 13.9 Å². The molecule has 0 fully saturated rings. The smallest absolute Gasteiger partial charge is 0.264 e. The highest BCUT2D eigenvalue weighted by atomic mass is 35.5. The number of hydrogen-bond acceptors (Lipinski definition) is 5. The second-order valence-electron chi connectivity index (χ2n) is 10.1. The van der Waals surface area contributed by atoms with Crippen molar-refractivity contribution in [2.24, 2.45) is 0 Å². The Morgan fingerprint density at radius 1 is 0.930 bits per heavy atom. The second-order valence-corrected chi connectivity index (χ2v) is 13.3. The van der Waals surface area contributed by atoms with E-state index in [1.807, 2.05) is 20.8 Å². The van der Waals surface area contributed by atoms with Gasteiger partial charge < -0.3 is 15.0 Å². The van der Waals surface area contributed by atoms with Gasteiger partial charge in [0.1, 0.15) is 18.3 Å². The summed E-state index contributed by atoms with van der Waals surface area (Å²) in [5.74, 6) is -0.619. The van der Waals surface area contributed by atoms with Crippen molar-refractivity contribution in [3.05, 3.63) is 86.9 Å². The Morgan fingerprint density at radius 3 is 2.16 bits per heavy atom. The van der Waals surface area contributed by atoms with Crippen molar-refractivity contribution in [2.45, 2.75) is 64.1 Å². The van der Waals surface area contributed by atoms with Gasteiger partial charge in [0.2, 0.25) is 11.8 Å². The number of amides is 2. The zero-order chi connectivity index (χ0) is 31.9. The summed E-state index contributed by atoms with van der Waals surface area (Å²) in [7, 11) is -2.81. The van der Waals surface area contributed by atoms with E-state index in [1.54, 1.807) is 37.3 Å². The number of rotatable bonds is 13. The number of benzene rings is 3. The number of ether oxygens (including phenoxy) is 1. The van der Waals surface area contributed by atoms with Gasteiger partial charge >= 0.3 is 0 Å². The van der Waals surface area contributed by atoms with Crippen molar-refractivity contribution in [3.8, 4) is 5.75 Å². The van der Waals surface area contributed by atoms with Gasteiger partial charge in [-0.15, -0.1) is 0 Å². The normalized spacial score (nSPS) is 12.7. The van der Waals surface area contributed by atoms with Crippen molar-refractivity contribution in [3.63, 3.8) is 0 Å². The summed E-state index contributed by atoms with van der Waals surface area (Å²) in [4.78, 5) is 29.0. The third kappa shape index (κ3) is 8.56. The standard InChI is InChI=1S/C31H36Cl3N3O5S/c1-6-21(4)35-31(39)28(7-2)36(18-22-10-11-23(32)16-26(22)33)30(38)19-37(24-12-15-29(42-5)27(34)17-24)43(40,41)25-13-8-20(3)9-14-25/h8-17,21,28H,6-7,18-19H2,1-5H3,(H,35,39)/t21-,28-/m1/s1. The highest BCUT2D eigenvalue weighted by Gasteiger charge is 2.34. The van der Waals surface area contributed by atoms with Crippen LogP contribution in [0.3, 0.4) is 0 Å². The highest BCUT2D eigenvalue weighted by Crippen LogP contribution is 2.32. The van der Waals surface area contributed by atoms with E-state index in [9.17, 15) is 18.0 Å². The molecule has 0 heterocycles. The molecular weight excluding hydrogens is 633 g/mol. The summed E-state index contributed by atoms with van der Waals surface area (Å²) in [6.45, 7) is 6.78. The Morgan fingerprint density at radius 2 is 1.60 bits per heavy atom. The fourth-order valence-electron chi connectivity index (χ4n) is 4.37. The van der Waals surface area contributed by atoms with E-state index in [0.29, 0.717) is 27.8 Å². The summed E-state index contributed by atoms with van der Waals surface area (Å²) in [5, 5.41) is 3.84. The van der Waals surface area contributed by atoms with Crippen LogP contribution in [0.2, 0.25) is 15.1 Å². The summed E-state index contributed by atoms with van der Waals surface area (Å²) < 4.78 is 34.3. The van der Waals surface area contributed by atoms with Gasteiger partial charge in [0, 0.05) is 22.6 Å². The maximum absolute atomic E-state index is 14.2. The van der Waals surface area contributed by atoms with Gasteiger partial charge in [-0.05, 0) is 74.7 Å². The summed E-state index contributed by atoms with van der Waals surface area (Å²) >= 11 is 18.9. The van der Waals surface area contributed by atoms with E-state index in [4.69, 9.17) is 39.5 Å². The van der Waals surface area contributed by atoms with Crippen molar-refractivity contribution in [1.29, 1.82) is 0 Å². The molecule has 3 rings (SSSR count). The quantitative estimate of drug-likeness (QED) is 0.214. The lowest BCUT2D eigenvalue weighted by Crippen LogP contribution is -2.53. The van der Waals surface area contributed by atoms with Gasteiger partial charge in [0.05, 0.1) is 22.7 Å². The minimum Gasteiger partial charge on any atom is -0.495 e. The monoisotopic (exact) mass is 667 g/mol. The molecule has 0 aliphatic heterocycles. The van der Waals surface area contributed by atoms with Crippen LogP contribution in [0.5, 0.6) is 5.75 Å². The molecule has 1 N–H and O–H groups in total. The second kappa shape index (κ2) is 15.1. The lowest BCUT2D eigenvalue weighted by Gasteiger charge is -2.34. The van der Waals surface area contributed by atoms with Crippen LogP contribution in [0.4, 0.5) is 5.69 Å². The molecule has 0 spiro atoms. The number of carbonyl (C=O) groups is 2. The minimum absolute atomic E-state index is 0.00769. The number of hydrogen-bond donors (Lipinski definition) is 1. The van der Waals surface area contributed by atoms with Crippen LogP contribution in [0.1, 0.15) is 44.7 Å². The number of nitrogens with one attached hydrogen (secondary N) is 1. The number of carbonyl (C=O) groups excluding carboxylic acids is 2. The Hall–Kier alpha value is -2.98. The molecule has 8 nitrogen and oxygen atoms in total. The summed E-state index contributed by atoms with van der Waals surface area (Å²) in [5.41, 5.74) is 1.58. The van der Waals surface area contributed by atoms with E-state index in [0.717, 1.165) is 9.87 Å². The van der Waals surface area contributed by atoms with E-state index in [1.165, 1.54) is 42.3 Å².